The van der Waals surface area contributed by atoms with E-state index in [1.54, 1.807) is 0 Å². The number of hydrogen-bond donors (Lipinski definition) is 9. The number of carbonyl (C=O) groups is 1. The maximum absolute atomic E-state index is 13.4. The lowest BCUT2D eigenvalue weighted by atomic mass is 9.97. The molecule has 1 amide bonds. The molecule has 2 rings (SSSR count). The second-order valence-corrected chi connectivity index (χ2v) is 31.7. The average molecular weight is 1430 g/mol. The van der Waals surface area contributed by atoms with E-state index in [4.69, 9.17) is 18.9 Å². The van der Waals surface area contributed by atoms with Crippen LogP contribution in [0.15, 0.2) is 0 Å². The number of rotatable bonds is 77. The molecule has 14 nitrogen and oxygen atoms in total. The molecule has 0 saturated carbocycles. The molecule has 9 N–H and O–H groups in total. The molecule has 2 aliphatic rings. The summed E-state index contributed by atoms with van der Waals surface area (Å²) in [6, 6.07) is -0.826. The highest BCUT2D eigenvalue weighted by molar-refractivity contribution is 5.76. The summed E-state index contributed by atoms with van der Waals surface area (Å²) >= 11 is 0. The molecule has 0 aromatic rings. The van der Waals surface area contributed by atoms with Crippen LogP contribution in [0.5, 0.6) is 0 Å². The molecule has 0 spiro atoms. The van der Waals surface area contributed by atoms with Gasteiger partial charge in [0, 0.05) is 6.42 Å². The summed E-state index contributed by atoms with van der Waals surface area (Å²) in [6.07, 6.45) is 73.3. The second-order valence-electron chi connectivity index (χ2n) is 31.7. The number of amides is 1. The Bertz CT molecular complexity index is 1680. The highest BCUT2D eigenvalue weighted by Gasteiger charge is 2.51. The summed E-state index contributed by atoms with van der Waals surface area (Å²) in [5.74, 6) is -0.194. The van der Waals surface area contributed by atoms with Crippen LogP contribution in [0.1, 0.15) is 450 Å². The van der Waals surface area contributed by atoms with Crippen LogP contribution >= 0.6 is 0 Å². The van der Waals surface area contributed by atoms with Gasteiger partial charge in [-0.2, -0.15) is 0 Å². The number of carbonyl (C=O) groups excluding carboxylic acids is 1. The van der Waals surface area contributed by atoms with Gasteiger partial charge in [0.15, 0.2) is 12.6 Å². The average Bonchev–Trinajstić information content (AvgIpc) is 0.791. The molecule has 12 atom stereocenters. The van der Waals surface area contributed by atoms with Crippen molar-refractivity contribution in [1.29, 1.82) is 0 Å². The molecule has 0 radical (unpaired) electrons. The van der Waals surface area contributed by atoms with Crippen molar-refractivity contribution < 1.29 is 64.6 Å². The number of unbranched alkanes of at least 4 members (excludes halogenated alkanes) is 64. The quantitative estimate of drug-likeness (QED) is 0.0259. The first kappa shape index (κ1) is 95.1. The third-order valence-electron chi connectivity index (χ3n) is 22.3. The van der Waals surface area contributed by atoms with E-state index in [1.807, 2.05) is 0 Å². The molecular formula is C86H169NO13. The molecule has 2 aliphatic heterocycles. The van der Waals surface area contributed by atoms with Gasteiger partial charge < -0.3 is 65.1 Å². The standard InChI is InChI=1S/C86H169NO13/c1-3-5-7-9-11-13-15-17-19-21-23-25-27-29-31-33-35-36-37-38-39-40-42-44-46-48-50-52-54-56-58-60-62-64-66-68-70-78(91)87-74(73-97-85-83(96)81(94)84(77(72-89)99-85)100-86-82(95)80(93)79(92)76(71-88)98-86)75(90)69-67-65-63-61-59-57-55-53-51-49-47-45-43-41-34-32-30-28-26-24-22-20-18-16-14-12-10-8-6-4-2/h74-77,79-86,88-90,92-96H,3-73H2,1-2H3,(H,87,91). The van der Waals surface area contributed by atoms with Gasteiger partial charge in [0.05, 0.1) is 32.0 Å². The van der Waals surface area contributed by atoms with Gasteiger partial charge in [-0.25, -0.2) is 0 Å². The largest absolute Gasteiger partial charge is 0.394 e. The van der Waals surface area contributed by atoms with E-state index in [9.17, 15) is 45.6 Å². The minimum absolute atomic E-state index is 0.194. The van der Waals surface area contributed by atoms with Crippen molar-refractivity contribution in [2.45, 2.75) is 524 Å². The predicted octanol–water partition coefficient (Wildman–Crippen LogP) is 21.0. The number of aliphatic hydroxyl groups excluding tert-OH is 8. The van der Waals surface area contributed by atoms with Crippen molar-refractivity contribution in [2.75, 3.05) is 19.8 Å². The van der Waals surface area contributed by atoms with Crippen LogP contribution < -0.4 is 5.32 Å². The Morgan fingerprint density at radius 2 is 0.570 bits per heavy atom. The minimum atomic E-state index is -1.78. The second kappa shape index (κ2) is 70.9. The Morgan fingerprint density at radius 1 is 0.320 bits per heavy atom. The summed E-state index contributed by atoms with van der Waals surface area (Å²) in [7, 11) is 0. The topological polar surface area (TPSA) is 228 Å². The summed E-state index contributed by atoms with van der Waals surface area (Å²) < 4.78 is 23.0. The number of aliphatic hydroxyl groups is 8. The van der Waals surface area contributed by atoms with E-state index in [0.717, 1.165) is 51.4 Å². The number of hydrogen-bond acceptors (Lipinski definition) is 13. The van der Waals surface area contributed by atoms with Crippen molar-refractivity contribution in [2.24, 2.45) is 0 Å². The summed E-state index contributed by atoms with van der Waals surface area (Å²) in [4.78, 5) is 13.4. The molecule has 0 aromatic heterocycles. The summed E-state index contributed by atoms with van der Waals surface area (Å²) in [5, 5.41) is 88.0. The van der Waals surface area contributed by atoms with Gasteiger partial charge in [-0.15, -0.1) is 0 Å². The smallest absolute Gasteiger partial charge is 0.220 e. The zero-order valence-corrected chi connectivity index (χ0v) is 65.8. The lowest BCUT2D eigenvalue weighted by Crippen LogP contribution is -2.65. The van der Waals surface area contributed by atoms with Crippen molar-refractivity contribution in [3.8, 4) is 0 Å². The van der Waals surface area contributed by atoms with Crippen LogP contribution in [0, 0.1) is 0 Å². The van der Waals surface area contributed by atoms with Gasteiger partial charge in [-0.1, -0.05) is 431 Å². The van der Waals surface area contributed by atoms with Gasteiger partial charge in [-0.3, -0.25) is 4.79 Å². The zero-order valence-electron chi connectivity index (χ0n) is 65.8. The molecule has 2 heterocycles. The molecule has 14 heteroatoms. The van der Waals surface area contributed by atoms with Crippen LogP contribution in [0.4, 0.5) is 0 Å². The fourth-order valence-corrected chi connectivity index (χ4v) is 15.4. The molecule has 0 aromatic carbocycles. The monoisotopic (exact) mass is 1420 g/mol. The molecule has 2 saturated heterocycles. The van der Waals surface area contributed by atoms with Crippen molar-refractivity contribution in [1.82, 2.24) is 5.32 Å². The molecule has 12 unspecified atom stereocenters. The Balaban J connectivity index is 1.55. The Morgan fingerprint density at radius 3 is 0.850 bits per heavy atom. The number of ether oxygens (including phenoxy) is 4. The summed E-state index contributed by atoms with van der Waals surface area (Å²) in [5.41, 5.74) is 0. The van der Waals surface area contributed by atoms with Crippen LogP contribution in [0.25, 0.3) is 0 Å². The molecule has 596 valence electrons. The van der Waals surface area contributed by atoms with Crippen LogP contribution in [-0.2, 0) is 23.7 Å². The number of nitrogens with one attached hydrogen (secondary N) is 1. The van der Waals surface area contributed by atoms with Gasteiger partial charge >= 0.3 is 0 Å². The Kier molecular flexibility index (Phi) is 67.4. The van der Waals surface area contributed by atoms with Gasteiger partial charge in [0.25, 0.3) is 0 Å². The van der Waals surface area contributed by atoms with Gasteiger partial charge in [0.2, 0.25) is 5.91 Å². The predicted molar refractivity (Wildman–Crippen MR) is 416 cm³/mol. The maximum Gasteiger partial charge on any atom is 0.220 e. The first-order chi connectivity index (χ1) is 49.1. The van der Waals surface area contributed by atoms with E-state index in [-0.39, 0.29) is 12.5 Å². The zero-order chi connectivity index (χ0) is 72.2. The fraction of sp³-hybridized carbons (Fsp3) is 0.988. The van der Waals surface area contributed by atoms with Crippen LogP contribution in [0.3, 0.4) is 0 Å². The Hall–Kier alpha value is -1.01. The van der Waals surface area contributed by atoms with E-state index in [0.29, 0.717) is 12.8 Å². The highest BCUT2D eigenvalue weighted by atomic mass is 16.7. The normalized spacial score (nSPS) is 21.7. The van der Waals surface area contributed by atoms with Crippen LogP contribution in [0.2, 0.25) is 0 Å². The third-order valence-corrected chi connectivity index (χ3v) is 22.3. The van der Waals surface area contributed by atoms with Crippen LogP contribution in [-0.4, -0.2) is 140 Å². The van der Waals surface area contributed by atoms with Crippen molar-refractivity contribution in [3.63, 3.8) is 0 Å². The highest BCUT2D eigenvalue weighted by Crippen LogP contribution is 2.31. The van der Waals surface area contributed by atoms with Gasteiger partial charge in [-0.05, 0) is 12.8 Å². The maximum atomic E-state index is 13.4. The summed E-state index contributed by atoms with van der Waals surface area (Å²) in [6.45, 7) is 2.96. The third kappa shape index (κ3) is 52.9. The van der Waals surface area contributed by atoms with Gasteiger partial charge in [0.1, 0.15) is 48.8 Å². The van der Waals surface area contributed by atoms with E-state index in [1.165, 1.54) is 372 Å². The van der Waals surface area contributed by atoms with E-state index in [2.05, 4.69) is 19.2 Å². The molecule has 2 fully saturated rings. The molecule has 0 aliphatic carbocycles. The first-order valence-corrected chi connectivity index (χ1v) is 44.3. The minimum Gasteiger partial charge on any atom is -0.394 e. The SMILES string of the molecule is CCCCCCCCCCCCCCCCCCCCCCCCCCCCCCCCCCCCCCC(=O)NC(COC1OC(CO)C(OC2OC(CO)C(O)C(O)C2O)C(O)C1O)C(O)CCCCCCCCCCCCCCCCCCCCCCCCCCCCCCCC. The fourth-order valence-electron chi connectivity index (χ4n) is 15.4. The van der Waals surface area contributed by atoms with E-state index >= 15 is 0 Å². The first-order valence-electron chi connectivity index (χ1n) is 44.3. The van der Waals surface area contributed by atoms with Crippen molar-refractivity contribution in [3.05, 3.63) is 0 Å². The lowest BCUT2D eigenvalue weighted by Gasteiger charge is -2.46. The Labute approximate surface area is 616 Å². The molecule has 0 bridgehead atoms. The molecular weight excluding hydrogens is 1250 g/mol. The lowest BCUT2D eigenvalue weighted by molar-refractivity contribution is -0.359. The van der Waals surface area contributed by atoms with Crippen molar-refractivity contribution >= 4 is 5.91 Å². The van der Waals surface area contributed by atoms with E-state index < -0.39 is 86.8 Å². The molecule has 100 heavy (non-hydrogen) atoms.